The van der Waals surface area contributed by atoms with Gasteiger partial charge in [0.25, 0.3) is 5.91 Å². The molecule has 140 valence electrons. The van der Waals surface area contributed by atoms with Crippen LogP contribution in [0.1, 0.15) is 44.7 Å². The maximum absolute atomic E-state index is 12.7. The fourth-order valence-corrected chi connectivity index (χ4v) is 2.97. The van der Waals surface area contributed by atoms with Crippen molar-refractivity contribution in [3.05, 3.63) is 58.6 Å². The molecule has 0 aliphatic rings. The van der Waals surface area contributed by atoms with E-state index in [1.165, 1.54) is 4.80 Å². The van der Waals surface area contributed by atoms with Crippen LogP contribution in [0.4, 0.5) is 5.69 Å². The number of amides is 1. The van der Waals surface area contributed by atoms with Gasteiger partial charge in [0.1, 0.15) is 6.04 Å². The highest BCUT2D eigenvalue weighted by Crippen LogP contribution is 2.27. The van der Waals surface area contributed by atoms with Crippen molar-refractivity contribution in [1.29, 1.82) is 0 Å². The minimum atomic E-state index is -0.577. The third kappa shape index (κ3) is 4.42. The zero-order valence-corrected chi connectivity index (χ0v) is 17.1. The molecule has 0 aliphatic heterocycles. The van der Waals surface area contributed by atoms with E-state index in [2.05, 4.69) is 50.5 Å². The van der Waals surface area contributed by atoms with Gasteiger partial charge in [0, 0.05) is 15.7 Å². The molecule has 7 heteroatoms. The Labute approximate surface area is 167 Å². The number of nitrogens with one attached hydrogen (secondary N) is 1. The lowest BCUT2D eigenvalue weighted by Gasteiger charge is -2.17. The van der Waals surface area contributed by atoms with Crippen LogP contribution in [0.5, 0.6) is 0 Å². The second-order valence-electron chi connectivity index (χ2n) is 6.50. The summed E-state index contributed by atoms with van der Waals surface area (Å²) in [5, 5.41) is 15.5. The summed E-state index contributed by atoms with van der Waals surface area (Å²) in [6.45, 7) is 6.04. The number of hydrogen-bond donors (Lipinski definition) is 1. The van der Waals surface area contributed by atoms with Crippen LogP contribution in [0.25, 0.3) is 11.4 Å². The fourth-order valence-electron chi connectivity index (χ4n) is 2.71. The van der Waals surface area contributed by atoms with Crippen molar-refractivity contribution in [2.24, 2.45) is 0 Å². The normalized spacial score (nSPS) is 13.2. The van der Waals surface area contributed by atoms with Crippen molar-refractivity contribution in [3.8, 4) is 11.4 Å². The molecular formula is C20H22BrN5O. The Morgan fingerprint density at radius 3 is 2.56 bits per heavy atom. The predicted octanol–water partition coefficient (Wildman–Crippen LogP) is 4.82. The first kappa shape index (κ1) is 19.2. The largest absolute Gasteiger partial charge is 0.324 e. The Balaban J connectivity index is 1.76. The zero-order valence-electron chi connectivity index (χ0n) is 15.6. The minimum absolute atomic E-state index is 0.175. The van der Waals surface area contributed by atoms with Gasteiger partial charge in [-0.25, -0.2) is 0 Å². The van der Waals surface area contributed by atoms with Gasteiger partial charge < -0.3 is 5.32 Å². The van der Waals surface area contributed by atoms with Gasteiger partial charge in [-0.2, -0.15) is 4.80 Å². The molecule has 0 radical (unpaired) electrons. The highest BCUT2D eigenvalue weighted by Gasteiger charge is 2.20. The molecule has 0 fully saturated rings. The van der Waals surface area contributed by atoms with E-state index >= 15 is 0 Å². The van der Waals surface area contributed by atoms with Crippen LogP contribution in [0.2, 0.25) is 0 Å². The van der Waals surface area contributed by atoms with Crippen LogP contribution in [0.3, 0.4) is 0 Å². The summed E-state index contributed by atoms with van der Waals surface area (Å²) in [6, 6.07) is 14.9. The molecule has 1 heterocycles. The van der Waals surface area contributed by atoms with Crippen molar-refractivity contribution in [3.63, 3.8) is 0 Å². The molecule has 1 amide bonds. The second kappa shape index (κ2) is 8.43. The molecule has 27 heavy (non-hydrogen) atoms. The topological polar surface area (TPSA) is 72.7 Å². The maximum atomic E-state index is 12.7. The van der Waals surface area contributed by atoms with Gasteiger partial charge in [0.05, 0.1) is 0 Å². The lowest BCUT2D eigenvalue weighted by atomic mass is 9.97. The lowest BCUT2D eigenvalue weighted by molar-refractivity contribution is -0.119. The molecule has 0 saturated heterocycles. The Kier molecular flexibility index (Phi) is 6.01. The van der Waals surface area contributed by atoms with Gasteiger partial charge >= 0.3 is 0 Å². The average Bonchev–Trinajstić information content (AvgIpc) is 3.17. The highest BCUT2D eigenvalue weighted by atomic mass is 79.9. The number of tetrazole rings is 1. The van der Waals surface area contributed by atoms with Gasteiger partial charge in [-0.3, -0.25) is 4.79 Å². The van der Waals surface area contributed by atoms with Crippen molar-refractivity contribution in [2.45, 2.75) is 39.2 Å². The molecule has 2 aromatic carbocycles. The molecule has 3 aromatic rings. The first-order valence-corrected chi connectivity index (χ1v) is 9.74. The average molecular weight is 428 g/mol. The van der Waals surface area contributed by atoms with E-state index < -0.39 is 6.04 Å². The molecule has 0 spiro atoms. The molecule has 0 saturated carbocycles. The summed E-state index contributed by atoms with van der Waals surface area (Å²) >= 11 is 3.40. The third-order valence-electron chi connectivity index (χ3n) is 4.62. The van der Waals surface area contributed by atoms with Crippen molar-refractivity contribution in [2.75, 3.05) is 5.32 Å². The van der Waals surface area contributed by atoms with Crippen LogP contribution >= 0.6 is 15.9 Å². The van der Waals surface area contributed by atoms with E-state index in [1.54, 1.807) is 6.92 Å². The Morgan fingerprint density at radius 1 is 1.15 bits per heavy atom. The van der Waals surface area contributed by atoms with E-state index in [0.717, 1.165) is 27.7 Å². The molecular weight excluding hydrogens is 406 g/mol. The van der Waals surface area contributed by atoms with Gasteiger partial charge in [0.15, 0.2) is 0 Å². The quantitative estimate of drug-likeness (QED) is 0.611. The van der Waals surface area contributed by atoms with E-state index in [4.69, 9.17) is 0 Å². The van der Waals surface area contributed by atoms with E-state index in [9.17, 15) is 4.79 Å². The first-order chi connectivity index (χ1) is 13.0. The molecule has 0 bridgehead atoms. The monoisotopic (exact) mass is 427 g/mol. The van der Waals surface area contributed by atoms with Crippen molar-refractivity contribution in [1.82, 2.24) is 20.2 Å². The van der Waals surface area contributed by atoms with Gasteiger partial charge in [-0.1, -0.05) is 48.0 Å². The highest BCUT2D eigenvalue weighted by molar-refractivity contribution is 9.10. The summed E-state index contributed by atoms with van der Waals surface area (Å²) in [5.74, 6) is 0.679. The number of aromatic nitrogens is 4. The van der Waals surface area contributed by atoms with Crippen molar-refractivity contribution >= 4 is 27.5 Å². The van der Waals surface area contributed by atoms with Gasteiger partial charge in [-0.05, 0) is 60.4 Å². The Bertz CT molecular complexity index is 922. The Morgan fingerprint density at radius 2 is 1.85 bits per heavy atom. The first-order valence-electron chi connectivity index (χ1n) is 8.94. The molecule has 2 unspecified atom stereocenters. The maximum Gasteiger partial charge on any atom is 0.250 e. The summed E-state index contributed by atoms with van der Waals surface area (Å²) in [7, 11) is 0. The van der Waals surface area contributed by atoms with E-state index in [-0.39, 0.29) is 5.91 Å². The van der Waals surface area contributed by atoms with Crippen LogP contribution in [0, 0.1) is 0 Å². The van der Waals surface area contributed by atoms with Gasteiger partial charge in [0.2, 0.25) is 5.82 Å². The number of benzene rings is 2. The SMILES string of the molecule is CCC(C)c1ccccc1NC(=O)C(C)n1nnc(-c2ccc(Br)cc2)n1. The van der Waals surface area contributed by atoms with Crippen LogP contribution < -0.4 is 5.32 Å². The number of carbonyl (C=O) groups excluding carboxylic acids is 1. The Hall–Kier alpha value is -2.54. The molecule has 3 rings (SSSR count). The second-order valence-corrected chi connectivity index (χ2v) is 7.42. The summed E-state index contributed by atoms with van der Waals surface area (Å²) in [6.07, 6.45) is 1.00. The zero-order chi connectivity index (χ0) is 19.4. The summed E-state index contributed by atoms with van der Waals surface area (Å²) in [5.41, 5.74) is 2.80. The number of halogens is 1. The predicted molar refractivity (Wildman–Crippen MR) is 109 cm³/mol. The van der Waals surface area contributed by atoms with Crippen LogP contribution in [0.15, 0.2) is 53.0 Å². The van der Waals surface area contributed by atoms with E-state index in [1.807, 2.05) is 48.5 Å². The number of hydrogen-bond acceptors (Lipinski definition) is 4. The smallest absolute Gasteiger partial charge is 0.250 e. The molecule has 6 nitrogen and oxygen atoms in total. The molecule has 1 aromatic heterocycles. The summed E-state index contributed by atoms with van der Waals surface area (Å²) < 4.78 is 0.978. The number of para-hydroxylation sites is 1. The van der Waals surface area contributed by atoms with E-state index in [0.29, 0.717) is 11.7 Å². The molecule has 2 atom stereocenters. The molecule has 0 aliphatic carbocycles. The van der Waals surface area contributed by atoms with Crippen LogP contribution in [-0.4, -0.2) is 26.1 Å². The number of anilines is 1. The standard InChI is InChI=1S/C20H22BrN5O/c1-4-13(2)17-7-5-6-8-18(17)22-20(27)14(3)26-24-19(23-25-26)15-9-11-16(21)12-10-15/h5-14H,4H2,1-3H3,(H,22,27). The number of rotatable bonds is 6. The fraction of sp³-hybridized carbons (Fsp3) is 0.300. The third-order valence-corrected chi connectivity index (χ3v) is 5.15. The number of nitrogens with zero attached hydrogens (tertiary/aromatic N) is 4. The minimum Gasteiger partial charge on any atom is -0.324 e. The molecule has 1 N–H and O–H groups in total. The summed E-state index contributed by atoms with van der Waals surface area (Å²) in [4.78, 5) is 14.1. The van der Waals surface area contributed by atoms with Crippen molar-refractivity contribution < 1.29 is 4.79 Å². The number of carbonyl (C=O) groups is 1. The van der Waals surface area contributed by atoms with Gasteiger partial charge in [-0.15, -0.1) is 10.2 Å². The lowest BCUT2D eigenvalue weighted by Crippen LogP contribution is -2.26. The van der Waals surface area contributed by atoms with Crippen LogP contribution in [-0.2, 0) is 4.79 Å².